The van der Waals surface area contributed by atoms with Crippen molar-refractivity contribution in [2.45, 2.75) is 68.8 Å². The third-order valence-corrected chi connectivity index (χ3v) is 8.86. The predicted octanol–water partition coefficient (Wildman–Crippen LogP) is 3.20. The average Bonchev–Trinajstić information content (AvgIpc) is 3.55. The number of aliphatic hydroxyl groups is 2. The molecule has 6 atom stereocenters. The number of benzene rings is 3. The quantitative estimate of drug-likeness (QED) is 0.266. The number of fused-ring (bicyclic) bond motifs is 1. The van der Waals surface area contributed by atoms with E-state index >= 15 is 0 Å². The van der Waals surface area contributed by atoms with Crippen LogP contribution < -0.4 is 10.6 Å². The Balaban J connectivity index is 1.28. The Morgan fingerprint density at radius 3 is 2.47 bits per heavy atom. The monoisotopic (exact) mass is 603 g/mol. The summed E-state index contributed by atoms with van der Waals surface area (Å²) in [5.41, 5.74) is 4.74. The highest BCUT2D eigenvalue weighted by Crippen LogP contribution is 2.32. The zero-order valence-corrected chi connectivity index (χ0v) is 24.9. The van der Waals surface area contributed by atoms with Crippen molar-refractivity contribution < 1.29 is 24.6 Å². The van der Waals surface area contributed by atoms with Crippen LogP contribution in [0.1, 0.15) is 46.7 Å². The topological polar surface area (TPSA) is 119 Å². The first kappa shape index (κ1) is 30.7. The number of alkyl halides is 1. The lowest BCUT2D eigenvalue weighted by Crippen LogP contribution is -2.50. The molecule has 3 amide bonds. The number of aliphatic hydroxyl groups excluding tert-OH is 2. The number of rotatable bonds is 10. The Kier molecular flexibility index (Phi) is 9.80. The summed E-state index contributed by atoms with van der Waals surface area (Å²) in [6.45, 7) is 2.40. The number of nitrogens with one attached hydrogen (secondary N) is 2. The number of hydrogen-bond donors (Lipinski definition) is 4. The van der Waals surface area contributed by atoms with Gasteiger partial charge in [0, 0.05) is 25.4 Å². The number of carbonyl (C=O) groups is 3. The Morgan fingerprint density at radius 1 is 1.00 bits per heavy atom. The van der Waals surface area contributed by atoms with E-state index in [0.717, 1.165) is 27.8 Å². The zero-order chi connectivity index (χ0) is 30.5. The molecule has 6 unspecified atom stereocenters. The molecule has 0 radical (unpaired) electrons. The molecule has 4 N–H and O–H groups in total. The molecule has 1 fully saturated rings. The predicted molar refractivity (Wildman–Crippen MR) is 164 cm³/mol. The molecule has 0 bridgehead atoms. The van der Waals surface area contributed by atoms with Crippen LogP contribution in [0.3, 0.4) is 0 Å². The summed E-state index contributed by atoms with van der Waals surface area (Å²) >= 11 is 6.41. The van der Waals surface area contributed by atoms with Gasteiger partial charge in [0.25, 0.3) is 5.91 Å². The van der Waals surface area contributed by atoms with Gasteiger partial charge < -0.3 is 25.7 Å². The summed E-state index contributed by atoms with van der Waals surface area (Å²) < 4.78 is 0. The van der Waals surface area contributed by atoms with Crippen molar-refractivity contribution in [3.63, 3.8) is 0 Å². The van der Waals surface area contributed by atoms with Crippen LogP contribution in [0, 0.1) is 12.8 Å². The number of carbonyl (C=O) groups excluding carboxylic acids is 3. The SMILES string of the molecule is Cc1ccccc1CNC(=O)C1CC(Cl)CN1C(=O)C(O)CC(Cc1ccccc1)C(=O)NC1c2ccccc2CC1O. The number of nitrogens with zero attached hydrogens (tertiary/aromatic N) is 1. The minimum atomic E-state index is -1.52. The Morgan fingerprint density at radius 2 is 1.70 bits per heavy atom. The summed E-state index contributed by atoms with van der Waals surface area (Å²) in [6, 6.07) is 23.3. The van der Waals surface area contributed by atoms with E-state index in [1.807, 2.05) is 85.8 Å². The van der Waals surface area contributed by atoms with Gasteiger partial charge in [0.15, 0.2) is 0 Å². The molecule has 9 heteroatoms. The summed E-state index contributed by atoms with van der Waals surface area (Å²) in [6.07, 6.45) is -1.44. The molecule has 43 heavy (non-hydrogen) atoms. The van der Waals surface area contributed by atoms with Gasteiger partial charge >= 0.3 is 0 Å². The fraction of sp³-hybridized carbons (Fsp3) is 0.382. The van der Waals surface area contributed by atoms with Crippen molar-refractivity contribution in [1.29, 1.82) is 0 Å². The van der Waals surface area contributed by atoms with Crippen LogP contribution in [-0.2, 0) is 33.8 Å². The number of halogens is 1. The summed E-state index contributed by atoms with van der Waals surface area (Å²) in [5, 5.41) is 27.3. The molecule has 0 aromatic heterocycles. The highest BCUT2D eigenvalue weighted by molar-refractivity contribution is 6.21. The van der Waals surface area contributed by atoms with Crippen molar-refractivity contribution in [2.75, 3.05) is 6.54 Å². The molecule has 1 heterocycles. The van der Waals surface area contributed by atoms with Crippen LogP contribution >= 0.6 is 11.6 Å². The van der Waals surface area contributed by atoms with E-state index in [1.54, 1.807) is 0 Å². The maximum absolute atomic E-state index is 13.7. The van der Waals surface area contributed by atoms with Crippen LogP contribution in [0.5, 0.6) is 0 Å². The van der Waals surface area contributed by atoms with E-state index < -0.39 is 41.5 Å². The molecule has 8 nitrogen and oxygen atoms in total. The third kappa shape index (κ3) is 7.26. The Hall–Kier alpha value is -3.72. The second-order valence-corrected chi connectivity index (χ2v) is 12.2. The van der Waals surface area contributed by atoms with E-state index in [-0.39, 0.29) is 31.2 Å². The molecule has 226 valence electrons. The second kappa shape index (κ2) is 13.7. The standard InChI is InChI=1S/C34H38ClN3O5/c1-21-9-5-6-13-24(21)19-36-33(42)28-18-26(35)20-38(28)34(43)30(40)17-25(15-22-10-3-2-4-11-22)32(41)37-31-27-14-8-7-12-23(27)16-29(31)39/h2-14,25-26,28-31,39-40H,15-20H2,1H3,(H,36,42)(H,37,41). The molecule has 2 aliphatic rings. The van der Waals surface area contributed by atoms with Crippen molar-refractivity contribution >= 4 is 29.3 Å². The van der Waals surface area contributed by atoms with Gasteiger partial charge in [0.05, 0.1) is 17.5 Å². The van der Waals surface area contributed by atoms with Gasteiger partial charge in [-0.15, -0.1) is 11.6 Å². The molecule has 1 aliphatic carbocycles. The molecular formula is C34H38ClN3O5. The van der Waals surface area contributed by atoms with Gasteiger partial charge in [0.1, 0.15) is 12.1 Å². The molecule has 5 rings (SSSR count). The minimum Gasteiger partial charge on any atom is -0.390 e. The van der Waals surface area contributed by atoms with Crippen LogP contribution in [0.15, 0.2) is 78.9 Å². The number of aryl methyl sites for hydroxylation is 1. The molecule has 3 aromatic carbocycles. The van der Waals surface area contributed by atoms with Crippen LogP contribution in [-0.4, -0.2) is 63.0 Å². The second-order valence-electron chi connectivity index (χ2n) is 11.6. The van der Waals surface area contributed by atoms with Crippen molar-refractivity contribution in [2.24, 2.45) is 5.92 Å². The lowest BCUT2D eigenvalue weighted by atomic mass is 9.91. The first-order valence-electron chi connectivity index (χ1n) is 14.8. The van der Waals surface area contributed by atoms with Gasteiger partial charge in [-0.2, -0.15) is 0 Å². The summed E-state index contributed by atoms with van der Waals surface area (Å²) in [5.74, 6) is -2.08. The summed E-state index contributed by atoms with van der Waals surface area (Å²) in [7, 11) is 0. The first-order chi connectivity index (χ1) is 20.7. The first-order valence-corrected chi connectivity index (χ1v) is 15.2. The molecule has 3 aromatic rings. The lowest BCUT2D eigenvalue weighted by Gasteiger charge is -2.28. The summed E-state index contributed by atoms with van der Waals surface area (Å²) in [4.78, 5) is 41.8. The average molecular weight is 604 g/mol. The van der Waals surface area contributed by atoms with Gasteiger partial charge in [0.2, 0.25) is 11.8 Å². The van der Waals surface area contributed by atoms with Gasteiger partial charge in [-0.3, -0.25) is 14.4 Å². The lowest BCUT2D eigenvalue weighted by molar-refractivity contribution is -0.146. The fourth-order valence-corrected chi connectivity index (χ4v) is 6.47. The Labute approximate surface area is 257 Å². The van der Waals surface area contributed by atoms with Crippen molar-refractivity contribution in [1.82, 2.24) is 15.5 Å². The van der Waals surface area contributed by atoms with Crippen LogP contribution in [0.4, 0.5) is 0 Å². The molecule has 0 spiro atoms. The van der Waals surface area contributed by atoms with Gasteiger partial charge in [-0.1, -0.05) is 78.9 Å². The highest BCUT2D eigenvalue weighted by Gasteiger charge is 2.42. The smallest absolute Gasteiger partial charge is 0.252 e. The Bertz CT molecular complexity index is 1450. The molecule has 0 saturated carbocycles. The van der Waals surface area contributed by atoms with Crippen LogP contribution in [0.25, 0.3) is 0 Å². The maximum Gasteiger partial charge on any atom is 0.252 e. The highest BCUT2D eigenvalue weighted by atomic mass is 35.5. The molecule has 1 aliphatic heterocycles. The number of hydrogen-bond acceptors (Lipinski definition) is 5. The van der Waals surface area contributed by atoms with E-state index in [2.05, 4.69) is 10.6 Å². The maximum atomic E-state index is 13.7. The van der Waals surface area contributed by atoms with E-state index in [9.17, 15) is 24.6 Å². The van der Waals surface area contributed by atoms with E-state index in [1.165, 1.54) is 4.90 Å². The number of amides is 3. The molecule has 1 saturated heterocycles. The van der Waals surface area contributed by atoms with Crippen molar-refractivity contribution in [3.05, 3.63) is 107 Å². The zero-order valence-electron chi connectivity index (χ0n) is 24.2. The third-order valence-electron chi connectivity index (χ3n) is 8.54. The van der Waals surface area contributed by atoms with E-state index in [0.29, 0.717) is 19.4 Å². The van der Waals surface area contributed by atoms with Crippen molar-refractivity contribution in [3.8, 4) is 0 Å². The van der Waals surface area contributed by atoms with Crippen LogP contribution in [0.2, 0.25) is 0 Å². The molecular weight excluding hydrogens is 566 g/mol. The largest absolute Gasteiger partial charge is 0.390 e. The number of likely N-dealkylation sites (tertiary alicyclic amines) is 1. The van der Waals surface area contributed by atoms with E-state index in [4.69, 9.17) is 11.6 Å². The normalized spacial score (nSPS) is 22.5. The van der Waals surface area contributed by atoms with Gasteiger partial charge in [-0.05, 0) is 54.0 Å². The fourth-order valence-electron chi connectivity index (χ4n) is 6.15. The van der Waals surface area contributed by atoms with Gasteiger partial charge in [-0.25, -0.2) is 0 Å². The minimum absolute atomic E-state index is 0.125.